The molecule has 3 aromatic rings. The number of rotatable bonds is 5. The number of para-hydroxylation sites is 1. The van der Waals surface area contributed by atoms with E-state index in [1.165, 1.54) is 0 Å². The van der Waals surface area contributed by atoms with Crippen LogP contribution in [0, 0.1) is 5.92 Å². The molecule has 0 saturated carbocycles. The molecule has 0 unspecified atom stereocenters. The first kappa shape index (κ1) is 17.4. The van der Waals surface area contributed by atoms with E-state index in [1.54, 1.807) is 16.2 Å². The van der Waals surface area contributed by atoms with Crippen LogP contribution in [0.4, 0.5) is 10.8 Å². The van der Waals surface area contributed by atoms with Crippen molar-refractivity contribution in [3.8, 4) is 0 Å². The number of nitrogens with zero attached hydrogens (tertiary/aromatic N) is 3. The van der Waals surface area contributed by atoms with E-state index < -0.39 is 0 Å². The standard InChI is InChI=1S/C20H23N3OS/c1-14(2)13-23(20-21-17-7-5-6-8-18(17)25-20)19(24)15-9-11-16(12-10-15)22(3)4/h5-12,14H,13H2,1-4H3. The van der Waals surface area contributed by atoms with Crippen molar-refractivity contribution in [2.24, 2.45) is 5.92 Å². The number of fused-ring (bicyclic) bond motifs is 1. The highest BCUT2D eigenvalue weighted by Crippen LogP contribution is 2.30. The molecule has 0 atom stereocenters. The number of anilines is 2. The summed E-state index contributed by atoms with van der Waals surface area (Å²) in [6.45, 7) is 4.87. The average Bonchev–Trinajstić information content (AvgIpc) is 3.02. The maximum atomic E-state index is 13.1. The Kier molecular flexibility index (Phi) is 5.04. The van der Waals surface area contributed by atoms with Gasteiger partial charge in [-0.2, -0.15) is 0 Å². The second-order valence-corrected chi connectivity index (χ2v) is 7.72. The Balaban J connectivity index is 1.95. The average molecular weight is 353 g/mol. The molecule has 5 heteroatoms. The van der Waals surface area contributed by atoms with Crippen LogP contribution in [0.25, 0.3) is 10.2 Å². The van der Waals surface area contributed by atoms with Gasteiger partial charge in [-0.1, -0.05) is 37.3 Å². The molecule has 1 heterocycles. The van der Waals surface area contributed by atoms with Gasteiger partial charge in [0.15, 0.2) is 5.13 Å². The van der Waals surface area contributed by atoms with Crippen LogP contribution >= 0.6 is 11.3 Å². The Morgan fingerprint density at radius 1 is 1.08 bits per heavy atom. The van der Waals surface area contributed by atoms with Crippen molar-refractivity contribution in [2.75, 3.05) is 30.4 Å². The van der Waals surface area contributed by atoms with Crippen LogP contribution in [-0.2, 0) is 0 Å². The number of carbonyl (C=O) groups is 1. The van der Waals surface area contributed by atoms with Gasteiger partial charge in [0, 0.05) is 31.9 Å². The van der Waals surface area contributed by atoms with E-state index in [0.717, 1.165) is 21.0 Å². The van der Waals surface area contributed by atoms with Crippen LogP contribution in [0.2, 0.25) is 0 Å². The first-order chi connectivity index (χ1) is 12.0. The summed E-state index contributed by atoms with van der Waals surface area (Å²) in [5.74, 6) is 0.357. The lowest BCUT2D eigenvalue weighted by Crippen LogP contribution is -2.34. The lowest BCUT2D eigenvalue weighted by Gasteiger charge is -2.22. The van der Waals surface area contributed by atoms with E-state index in [2.05, 4.69) is 18.8 Å². The predicted octanol–water partition coefficient (Wildman–Crippen LogP) is 4.67. The molecule has 1 aromatic heterocycles. The number of carbonyl (C=O) groups excluding carboxylic acids is 1. The molecule has 0 spiro atoms. The Labute approximate surface area is 152 Å². The van der Waals surface area contributed by atoms with Crippen molar-refractivity contribution < 1.29 is 4.79 Å². The van der Waals surface area contributed by atoms with Crippen molar-refractivity contribution in [2.45, 2.75) is 13.8 Å². The third-order valence-electron chi connectivity index (χ3n) is 3.94. The van der Waals surface area contributed by atoms with Crippen molar-refractivity contribution >= 4 is 38.3 Å². The molecule has 4 nitrogen and oxygen atoms in total. The number of hydrogen-bond donors (Lipinski definition) is 0. The zero-order valence-electron chi connectivity index (χ0n) is 15.1. The third kappa shape index (κ3) is 3.82. The second kappa shape index (κ2) is 7.23. The van der Waals surface area contributed by atoms with Gasteiger partial charge in [-0.25, -0.2) is 4.98 Å². The molecule has 25 heavy (non-hydrogen) atoms. The summed E-state index contributed by atoms with van der Waals surface area (Å²) in [6, 6.07) is 15.7. The first-order valence-electron chi connectivity index (χ1n) is 8.40. The van der Waals surface area contributed by atoms with E-state index in [-0.39, 0.29) is 5.91 Å². The Morgan fingerprint density at radius 3 is 2.36 bits per heavy atom. The summed E-state index contributed by atoms with van der Waals surface area (Å²) in [6.07, 6.45) is 0. The van der Waals surface area contributed by atoms with E-state index in [1.807, 2.05) is 67.5 Å². The summed E-state index contributed by atoms with van der Waals surface area (Å²) in [7, 11) is 3.98. The van der Waals surface area contributed by atoms with Gasteiger partial charge >= 0.3 is 0 Å². The summed E-state index contributed by atoms with van der Waals surface area (Å²) < 4.78 is 1.10. The molecule has 0 aliphatic heterocycles. The van der Waals surface area contributed by atoms with E-state index in [9.17, 15) is 4.79 Å². The molecule has 0 aliphatic rings. The normalized spacial score (nSPS) is 11.1. The van der Waals surface area contributed by atoms with E-state index in [0.29, 0.717) is 18.0 Å². The Hall–Kier alpha value is -2.40. The first-order valence-corrected chi connectivity index (χ1v) is 9.22. The molecule has 2 aromatic carbocycles. The maximum absolute atomic E-state index is 13.1. The fourth-order valence-electron chi connectivity index (χ4n) is 2.65. The quantitative estimate of drug-likeness (QED) is 0.669. The smallest absolute Gasteiger partial charge is 0.260 e. The molecule has 0 fully saturated rings. The third-order valence-corrected chi connectivity index (χ3v) is 5.00. The number of thiazole rings is 1. The predicted molar refractivity (Wildman–Crippen MR) is 107 cm³/mol. The zero-order chi connectivity index (χ0) is 18.0. The zero-order valence-corrected chi connectivity index (χ0v) is 15.9. The Bertz CT molecular complexity index is 835. The number of aromatic nitrogens is 1. The van der Waals surface area contributed by atoms with Crippen molar-refractivity contribution in [3.05, 3.63) is 54.1 Å². The minimum Gasteiger partial charge on any atom is -0.378 e. The minimum absolute atomic E-state index is 0.00179. The lowest BCUT2D eigenvalue weighted by atomic mass is 10.1. The largest absolute Gasteiger partial charge is 0.378 e. The van der Waals surface area contributed by atoms with Gasteiger partial charge in [-0.05, 0) is 42.3 Å². The van der Waals surface area contributed by atoms with Crippen LogP contribution in [0.15, 0.2) is 48.5 Å². The molecule has 0 N–H and O–H groups in total. The number of amides is 1. The molecular weight excluding hydrogens is 330 g/mol. The fourth-order valence-corrected chi connectivity index (χ4v) is 3.62. The van der Waals surface area contributed by atoms with Crippen molar-refractivity contribution in [1.29, 1.82) is 0 Å². The fraction of sp³-hybridized carbons (Fsp3) is 0.300. The molecular formula is C20H23N3OS. The van der Waals surface area contributed by atoms with Crippen LogP contribution in [0.3, 0.4) is 0 Å². The minimum atomic E-state index is -0.00179. The summed E-state index contributed by atoms with van der Waals surface area (Å²) in [5.41, 5.74) is 2.70. The monoisotopic (exact) mass is 353 g/mol. The second-order valence-electron chi connectivity index (χ2n) is 6.72. The number of benzene rings is 2. The highest BCUT2D eigenvalue weighted by molar-refractivity contribution is 7.22. The summed E-state index contributed by atoms with van der Waals surface area (Å²) >= 11 is 1.56. The van der Waals surface area contributed by atoms with Crippen LogP contribution in [-0.4, -0.2) is 31.5 Å². The van der Waals surface area contributed by atoms with Gasteiger partial charge in [0.1, 0.15) is 0 Å². The van der Waals surface area contributed by atoms with Crippen LogP contribution in [0.5, 0.6) is 0 Å². The molecule has 1 amide bonds. The molecule has 0 saturated heterocycles. The lowest BCUT2D eigenvalue weighted by molar-refractivity contribution is 0.0984. The highest BCUT2D eigenvalue weighted by Gasteiger charge is 2.22. The van der Waals surface area contributed by atoms with E-state index >= 15 is 0 Å². The molecule has 0 radical (unpaired) electrons. The highest BCUT2D eigenvalue weighted by atomic mass is 32.1. The summed E-state index contributed by atoms with van der Waals surface area (Å²) in [4.78, 5) is 21.6. The van der Waals surface area contributed by atoms with E-state index in [4.69, 9.17) is 0 Å². The van der Waals surface area contributed by atoms with Gasteiger partial charge in [0.05, 0.1) is 10.2 Å². The summed E-state index contributed by atoms with van der Waals surface area (Å²) in [5, 5.41) is 0.761. The van der Waals surface area contributed by atoms with Gasteiger partial charge in [-0.3, -0.25) is 9.69 Å². The Morgan fingerprint density at radius 2 is 1.76 bits per heavy atom. The van der Waals surface area contributed by atoms with Crippen LogP contribution in [0.1, 0.15) is 24.2 Å². The SMILES string of the molecule is CC(C)CN(C(=O)c1ccc(N(C)C)cc1)c1nc2ccccc2s1. The van der Waals surface area contributed by atoms with Gasteiger partial charge in [-0.15, -0.1) is 0 Å². The topological polar surface area (TPSA) is 36.4 Å². The van der Waals surface area contributed by atoms with Gasteiger partial charge in [0.2, 0.25) is 0 Å². The molecule has 130 valence electrons. The molecule has 3 rings (SSSR count). The van der Waals surface area contributed by atoms with Gasteiger partial charge in [0.25, 0.3) is 5.91 Å². The maximum Gasteiger partial charge on any atom is 0.260 e. The van der Waals surface area contributed by atoms with Crippen molar-refractivity contribution in [3.63, 3.8) is 0 Å². The molecule has 0 bridgehead atoms. The van der Waals surface area contributed by atoms with Crippen molar-refractivity contribution in [1.82, 2.24) is 4.98 Å². The number of hydrogen-bond acceptors (Lipinski definition) is 4. The van der Waals surface area contributed by atoms with Gasteiger partial charge < -0.3 is 4.90 Å². The van der Waals surface area contributed by atoms with Crippen LogP contribution < -0.4 is 9.80 Å². The molecule has 0 aliphatic carbocycles.